The van der Waals surface area contributed by atoms with E-state index in [-0.39, 0.29) is 5.82 Å². The molecule has 1 nitrogen and oxygen atoms in total. The summed E-state index contributed by atoms with van der Waals surface area (Å²) in [6.45, 7) is 0. The van der Waals surface area contributed by atoms with Gasteiger partial charge in [0, 0.05) is 18.7 Å². The zero-order valence-electron chi connectivity index (χ0n) is 6.47. The van der Waals surface area contributed by atoms with Gasteiger partial charge in [-0.05, 0) is 18.2 Å². The predicted octanol–water partition coefficient (Wildman–Crippen LogP) is 2.85. The molecule has 0 aromatic heterocycles. The summed E-state index contributed by atoms with van der Waals surface area (Å²) in [7, 11) is 3.25. The maximum absolute atomic E-state index is 12.1. The molecule has 0 aliphatic heterocycles. The molecule has 0 spiro atoms. The number of halogens is 2. The van der Waals surface area contributed by atoms with Gasteiger partial charge in [0.25, 0.3) is 0 Å². The van der Waals surface area contributed by atoms with E-state index in [0.29, 0.717) is 0 Å². The van der Waals surface area contributed by atoms with Gasteiger partial charge < -0.3 is 4.74 Å². The molecular weight excluding hydrogens is 211 g/mol. The van der Waals surface area contributed by atoms with Crippen LogP contribution in [0.1, 0.15) is 0 Å². The fraction of sp³-hybridized carbons (Fsp3) is 0.250. The molecule has 1 rings (SSSR count). The van der Waals surface area contributed by atoms with Crippen molar-refractivity contribution in [1.82, 2.24) is 0 Å². The van der Waals surface area contributed by atoms with E-state index in [9.17, 15) is 4.39 Å². The first-order valence-electron chi connectivity index (χ1n) is 3.02. The van der Waals surface area contributed by atoms with E-state index in [1.54, 1.807) is 26.4 Å². The number of hydrogen-bond donors (Lipinski definition) is 0. The normalized spacial score (nSPS) is 8.36. The molecular formula is C8H10BrFO. The molecule has 1 aromatic carbocycles. The highest BCUT2D eigenvalue weighted by Gasteiger charge is 1.86. The molecule has 0 aliphatic carbocycles. The quantitative estimate of drug-likeness (QED) is 0.654. The van der Waals surface area contributed by atoms with E-state index in [0.717, 1.165) is 4.47 Å². The lowest BCUT2D eigenvalue weighted by molar-refractivity contribution is 0.277. The summed E-state index contributed by atoms with van der Waals surface area (Å²) in [5, 5.41) is 0. The first-order chi connectivity index (χ1) is 5.20. The third-order valence-electron chi connectivity index (χ3n) is 0.787. The first kappa shape index (κ1) is 10.6. The van der Waals surface area contributed by atoms with Crippen molar-refractivity contribution in [3.05, 3.63) is 34.6 Å². The van der Waals surface area contributed by atoms with E-state index in [1.165, 1.54) is 12.1 Å². The molecule has 0 fully saturated rings. The van der Waals surface area contributed by atoms with Crippen LogP contribution in [-0.2, 0) is 4.74 Å². The van der Waals surface area contributed by atoms with E-state index < -0.39 is 0 Å². The largest absolute Gasteiger partial charge is 0.388 e. The van der Waals surface area contributed by atoms with Gasteiger partial charge in [-0.3, -0.25) is 0 Å². The molecule has 11 heavy (non-hydrogen) atoms. The Morgan fingerprint density at radius 3 is 2.18 bits per heavy atom. The van der Waals surface area contributed by atoms with Crippen LogP contribution in [0.25, 0.3) is 0 Å². The van der Waals surface area contributed by atoms with Crippen LogP contribution in [0.5, 0.6) is 0 Å². The van der Waals surface area contributed by atoms with Gasteiger partial charge in [0.15, 0.2) is 0 Å². The predicted molar refractivity (Wildman–Crippen MR) is 47.0 cm³/mol. The van der Waals surface area contributed by atoms with Crippen molar-refractivity contribution >= 4 is 15.9 Å². The van der Waals surface area contributed by atoms with Crippen LogP contribution in [0.15, 0.2) is 28.7 Å². The van der Waals surface area contributed by atoms with Crippen LogP contribution in [0.4, 0.5) is 4.39 Å². The molecule has 0 saturated heterocycles. The van der Waals surface area contributed by atoms with Crippen LogP contribution in [0.3, 0.4) is 0 Å². The summed E-state index contributed by atoms with van der Waals surface area (Å²) < 4.78 is 17.2. The highest BCUT2D eigenvalue weighted by atomic mass is 79.9. The maximum atomic E-state index is 12.1. The standard InChI is InChI=1S/C6H4BrF.C2H6O/c7-5-2-1-3-6(8)4-5;1-3-2/h1-4H;1-2H3. The summed E-state index contributed by atoms with van der Waals surface area (Å²) >= 11 is 3.12. The minimum atomic E-state index is -0.209. The van der Waals surface area contributed by atoms with Gasteiger partial charge in [-0.15, -0.1) is 0 Å². The van der Waals surface area contributed by atoms with Gasteiger partial charge >= 0.3 is 0 Å². The third kappa shape index (κ3) is 6.01. The Labute approximate surface area is 74.3 Å². The molecule has 0 saturated carbocycles. The fourth-order valence-corrected chi connectivity index (χ4v) is 0.831. The monoisotopic (exact) mass is 220 g/mol. The Hall–Kier alpha value is -0.410. The molecule has 3 heteroatoms. The SMILES string of the molecule is COC.Fc1cccc(Br)c1. The molecule has 0 unspecified atom stereocenters. The van der Waals surface area contributed by atoms with Crippen molar-refractivity contribution in [2.75, 3.05) is 14.2 Å². The maximum Gasteiger partial charge on any atom is 0.124 e. The lowest BCUT2D eigenvalue weighted by atomic mass is 10.4. The summed E-state index contributed by atoms with van der Waals surface area (Å²) in [6, 6.07) is 6.26. The van der Waals surface area contributed by atoms with E-state index in [1.807, 2.05) is 0 Å². The lowest BCUT2D eigenvalue weighted by Crippen LogP contribution is -1.68. The van der Waals surface area contributed by atoms with Crippen molar-refractivity contribution in [3.8, 4) is 0 Å². The minimum absolute atomic E-state index is 0.209. The van der Waals surface area contributed by atoms with E-state index in [2.05, 4.69) is 20.7 Å². The minimum Gasteiger partial charge on any atom is -0.388 e. The van der Waals surface area contributed by atoms with Crippen molar-refractivity contribution in [2.24, 2.45) is 0 Å². The number of hydrogen-bond acceptors (Lipinski definition) is 1. The van der Waals surface area contributed by atoms with E-state index in [4.69, 9.17) is 0 Å². The Morgan fingerprint density at radius 2 is 1.91 bits per heavy atom. The zero-order chi connectivity index (χ0) is 8.69. The molecule has 62 valence electrons. The van der Waals surface area contributed by atoms with Crippen LogP contribution >= 0.6 is 15.9 Å². The van der Waals surface area contributed by atoms with Gasteiger partial charge in [0.05, 0.1) is 0 Å². The van der Waals surface area contributed by atoms with Crippen molar-refractivity contribution < 1.29 is 9.13 Å². The van der Waals surface area contributed by atoms with Crippen LogP contribution in [0.2, 0.25) is 0 Å². The van der Waals surface area contributed by atoms with Gasteiger partial charge in [0.2, 0.25) is 0 Å². The summed E-state index contributed by atoms with van der Waals surface area (Å²) in [5.41, 5.74) is 0. The molecule has 0 N–H and O–H groups in total. The van der Waals surface area contributed by atoms with Crippen LogP contribution < -0.4 is 0 Å². The first-order valence-corrected chi connectivity index (χ1v) is 3.81. The number of benzene rings is 1. The lowest BCUT2D eigenvalue weighted by Gasteiger charge is -1.85. The van der Waals surface area contributed by atoms with Crippen LogP contribution in [-0.4, -0.2) is 14.2 Å². The fourth-order valence-electron chi connectivity index (χ4n) is 0.460. The molecule has 0 atom stereocenters. The smallest absolute Gasteiger partial charge is 0.124 e. The summed E-state index contributed by atoms with van der Waals surface area (Å²) in [5.74, 6) is -0.209. The number of ether oxygens (including phenoxy) is 1. The van der Waals surface area contributed by atoms with Crippen molar-refractivity contribution in [3.63, 3.8) is 0 Å². The summed E-state index contributed by atoms with van der Waals surface area (Å²) in [6.07, 6.45) is 0. The molecule has 0 radical (unpaired) electrons. The number of methoxy groups -OCH3 is 1. The molecule has 0 amide bonds. The summed E-state index contributed by atoms with van der Waals surface area (Å²) in [4.78, 5) is 0. The zero-order valence-corrected chi connectivity index (χ0v) is 8.06. The second kappa shape index (κ2) is 6.31. The van der Waals surface area contributed by atoms with Gasteiger partial charge in [0.1, 0.15) is 5.82 Å². The molecule has 1 aromatic rings. The van der Waals surface area contributed by atoms with Crippen molar-refractivity contribution in [2.45, 2.75) is 0 Å². The molecule has 0 bridgehead atoms. The Bertz CT molecular complexity index is 186. The second-order valence-electron chi connectivity index (χ2n) is 1.85. The van der Waals surface area contributed by atoms with E-state index >= 15 is 0 Å². The molecule has 0 aliphatic rings. The number of rotatable bonds is 0. The Morgan fingerprint density at radius 1 is 1.36 bits per heavy atom. The van der Waals surface area contributed by atoms with Gasteiger partial charge in [-0.2, -0.15) is 0 Å². The Kier molecular flexibility index (Phi) is 6.07. The highest BCUT2D eigenvalue weighted by molar-refractivity contribution is 9.10. The second-order valence-corrected chi connectivity index (χ2v) is 2.76. The molecule has 0 heterocycles. The average Bonchev–Trinajstić information content (AvgIpc) is 1.88. The Balaban J connectivity index is 0.000000292. The van der Waals surface area contributed by atoms with Crippen molar-refractivity contribution in [1.29, 1.82) is 0 Å². The highest BCUT2D eigenvalue weighted by Crippen LogP contribution is 2.09. The third-order valence-corrected chi connectivity index (χ3v) is 1.28. The van der Waals surface area contributed by atoms with Gasteiger partial charge in [-0.1, -0.05) is 22.0 Å². The average molecular weight is 221 g/mol. The van der Waals surface area contributed by atoms with Gasteiger partial charge in [-0.25, -0.2) is 4.39 Å². The topological polar surface area (TPSA) is 9.23 Å². The van der Waals surface area contributed by atoms with Crippen LogP contribution in [0, 0.1) is 5.82 Å².